The molecule has 5 heteroatoms. The molecular formula is C22H25FN2O2. The number of benzene rings is 2. The van der Waals surface area contributed by atoms with E-state index >= 15 is 0 Å². The van der Waals surface area contributed by atoms with Crippen molar-refractivity contribution in [2.75, 3.05) is 33.3 Å². The van der Waals surface area contributed by atoms with Gasteiger partial charge in [0.25, 0.3) is 0 Å². The summed E-state index contributed by atoms with van der Waals surface area (Å²) in [4.78, 5) is 16.5. The Morgan fingerprint density at radius 3 is 2.59 bits per heavy atom. The zero-order valence-corrected chi connectivity index (χ0v) is 15.8. The standard InChI is InChI=1S/C22H25FN2O2/c1-17-5-3-4-6-18(17)7-10-22(26)25-13-11-24(12-14-25)16-19-15-20(23)8-9-21(19)27-2/h3-10,15H,11-14,16H2,1-2H3/b10-7+. The van der Waals surface area contributed by atoms with Crippen LogP contribution < -0.4 is 4.74 Å². The molecule has 4 nitrogen and oxygen atoms in total. The van der Waals surface area contributed by atoms with Crippen molar-refractivity contribution in [2.45, 2.75) is 13.5 Å². The first-order valence-corrected chi connectivity index (χ1v) is 9.14. The van der Waals surface area contributed by atoms with E-state index in [1.54, 1.807) is 19.3 Å². The van der Waals surface area contributed by atoms with Gasteiger partial charge in [-0.15, -0.1) is 0 Å². The summed E-state index contributed by atoms with van der Waals surface area (Å²) in [7, 11) is 1.59. The van der Waals surface area contributed by atoms with Gasteiger partial charge in [-0.2, -0.15) is 0 Å². The minimum atomic E-state index is -0.263. The highest BCUT2D eigenvalue weighted by Gasteiger charge is 2.20. The Morgan fingerprint density at radius 2 is 1.89 bits per heavy atom. The molecule has 0 aromatic heterocycles. The van der Waals surface area contributed by atoms with Crippen LogP contribution in [0.15, 0.2) is 48.5 Å². The Morgan fingerprint density at radius 1 is 1.15 bits per heavy atom. The Balaban J connectivity index is 1.55. The van der Waals surface area contributed by atoms with Crippen LogP contribution in [0, 0.1) is 12.7 Å². The second kappa shape index (κ2) is 8.82. The third-order valence-electron chi connectivity index (χ3n) is 4.91. The molecule has 1 saturated heterocycles. The van der Waals surface area contributed by atoms with Crippen LogP contribution in [0.2, 0.25) is 0 Å². The predicted octanol–water partition coefficient (Wildman–Crippen LogP) is 3.50. The molecule has 0 atom stereocenters. The number of hydrogen-bond acceptors (Lipinski definition) is 3. The van der Waals surface area contributed by atoms with Gasteiger partial charge in [-0.05, 0) is 42.3 Å². The first kappa shape index (κ1) is 19.1. The number of ether oxygens (including phenoxy) is 1. The summed E-state index contributed by atoms with van der Waals surface area (Å²) >= 11 is 0. The lowest BCUT2D eigenvalue weighted by Crippen LogP contribution is -2.47. The van der Waals surface area contributed by atoms with Gasteiger partial charge in [-0.25, -0.2) is 4.39 Å². The molecule has 2 aromatic carbocycles. The van der Waals surface area contributed by atoms with E-state index in [1.807, 2.05) is 42.2 Å². The van der Waals surface area contributed by atoms with Crippen molar-refractivity contribution in [1.82, 2.24) is 9.80 Å². The van der Waals surface area contributed by atoms with Crippen molar-refractivity contribution in [2.24, 2.45) is 0 Å². The molecule has 1 heterocycles. The van der Waals surface area contributed by atoms with E-state index in [2.05, 4.69) is 4.90 Å². The lowest BCUT2D eigenvalue weighted by molar-refractivity contribution is -0.127. The van der Waals surface area contributed by atoms with Crippen LogP contribution in [0.3, 0.4) is 0 Å². The van der Waals surface area contributed by atoms with E-state index in [1.165, 1.54) is 12.1 Å². The largest absolute Gasteiger partial charge is 0.496 e. The molecule has 0 unspecified atom stereocenters. The van der Waals surface area contributed by atoms with E-state index in [9.17, 15) is 9.18 Å². The monoisotopic (exact) mass is 368 g/mol. The lowest BCUT2D eigenvalue weighted by Gasteiger charge is -2.34. The maximum absolute atomic E-state index is 13.5. The smallest absolute Gasteiger partial charge is 0.246 e. The normalized spacial score (nSPS) is 15.3. The molecule has 0 bridgehead atoms. The zero-order chi connectivity index (χ0) is 19.2. The highest BCUT2D eigenvalue weighted by atomic mass is 19.1. The number of hydrogen-bond donors (Lipinski definition) is 0. The number of amides is 1. The Bertz CT molecular complexity index is 827. The molecule has 1 amide bonds. The van der Waals surface area contributed by atoms with Gasteiger partial charge in [-0.1, -0.05) is 24.3 Å². The average molecular weight is 368 g/mol. The topological polar surface area (TPSA) is 32.8 Å². The minimum Gasteiger partial charge on any atom is -0.496 e. The fourth-order valence-electron chi connectivity index (χ4n) is 3.28. The van der Waals surface area contributed by atoms with Gasteiger partial charge >= 0.3 is 0 Å². The summed E-state index contributed by atoms with van der Waals surface area (Å²) in [6.45, 7) is 5.47. The summed E-state index contributed by atoms with van der Waals surface area (Å²) in [6, 6.07) is 12.6. The van der Waals surface area contributed by atoms with Gasteiger partial charge in [0.2, 0.25) is 5.91 Å². The molecule has 1 aliphatic heterocycles. The number of methoxy groups -OCH3 is 1. The Labute approximate surface area is 159 Å². The van der Waals surface area contributed by atoms with E-state index in [4.69, 9.17) is 4.74 Å². The maximum Gasteiger partial charge on any atom is 0.246 e. The van der Waals surface area contributed by atoms with Gasteiger partial charge in [0.05, 0.1) is 7.11 Å². The minimum absolute atomic E-state index is 0.0289. The fraction of sp³-hybridized carbons (Fsp3) is 0.318. The molecule has 0 radical (unpaired) electrons. The molecule has 0 N–H and O–H groups in total. The summed E-state index contributed by atoms with van der Waals surface area (Å²) in [5.74, 6) is 0.457. The third kappa shape index (κ3) is 4.95. The molecular weight excluding hydrogens is 343 g/mol. The van der Waals surface area contributed by atoms with Gasteiger partial charge in [0.15, 0.2) is 0 Å². The quantitative estimate of drug-likeness (QED) is 0.758. The molecule has 1 fully saturated rings. The lowest BCUT2D eigenvalue weighted by atomic mass is 10.1. The van der Waals surface area contributed by atoms with Crippen LogP contribution in [0.1, 0.15) is 16.7 Å². The fourth-order valence-corrected chi connectivity index (χ4v) is 3.28. The predicted molar refractivity (Wildman–Crippen MR) is 105 cm³/mol. The van der Waals surface area contributed by atoms with E-state index in [-0.39, 0.29) is 11.7 Å². The molecule has 142 valence electrons. The second-order valence-electron chi connectivity index (χ2n) is 6.75. The maximum atomic E-state index is 13.5. The van der Waals surface area contributed by atoms with Gasteiger partial charge in [-0.3, -0.25) is 9.69 Å². The summed E-state index contributed by atoms with van der Waals surface area (Å²) in [6.07, 6.45) is 3.52. The Kier molecular flexibility index (Phi) is 6.24. The van der Waals surface area contributed by atoms with Crippen molar-refractivity contribution in [3.05, 3.63) is 71.0 Å². The van der Waals surface area contributed by atoms with Crippen molar-refractivity contribution < 1.29 is 13.9 Å². The highest BCUT2D eigenvalue weighted by molar-refractivity contribution is 5.92. The molecule has 0 aliphatic carbocycles. The van der Waals surface area contributed by atoms with E-state index in [0.717, 1.165) is 29.8 Å². The summed E-state index contributed by atoms with van der Waals surface area (Å²) in [5, 5.41) is 0. The number of aryl methyl sites for hydroxylation is 1. The van der Waals surface area contributed by atoms with Crippen LogP contribution in [-0.2, 0) is 11.3 Å². The molecule has 0 saturated carbocycles. The first-order chi connectivity index (χ1) is 13.1. The first-order valence-electron chi connectivity index (χ1n) is 9.14. The SMILES string of the molecule is COc1ccc(F)cc1CN1CCN(C(=O)/C=C/c2ccccc2C)CC1. The van der Waals surface area contributed by atoms with Gasteiger partial charge in [0.1, 0.15) is 11.6 Å². The summed E-state index contributed by atoms with van der Waals surface area (Å²) in [5.41, 5.74) is 3.04. The van der Waals surface area contributed by atoms with E-state index in [0.29, 0.717) is 25.4 Å². The van der Waals surface area contributed by atoms with Crippen molar-refractivity contribution >= 4 is 12.0 Å². The van der Waals surface area contributed by atoms with Crippen molar-refractivity contribution in [3.63, 3.8) is 0 Å². The van der Waals surface area contributed by atoms with Gasteiger partial charge < -0.3 is 9.64 Å². The molecule has 3 rings (SSSR count). The Hall–Kier alpha value is -2.66. The zero-order valence-electron chi connectivity index (χ0n) is 15.8. The number of rotatable bonds is 5. The molecule has 2 aromatic rings. The van der Waals surface area contributed by atoms with Crippen LogP contribution in [-0.4, -0.2) is 49.0 Å². The summed E-state index contributed by atoms with van der Waals surface area (Å²) < 4.78 is 18.8. The second-order valence-corrected chi connectivity index (χ2v) is 6.75. The van der Waals surface area contributed by atoms with E-state index < -0.39 is 0 Å². The average Bonchev–Trinajstić information content (AvgIpc) is 2.68. The van der Waals surface area contributed by atoms with Crippen LogP contribution in [0.25, 0.3) is 6.08 Å². The molecule has 0 spiro atoms. The third-order valence-corrected chi connectivity index (χ3v) is 4.91. The van der Waals surface area contributed by atoms with Crippen LogP contribution in [0.4, 0.5) is 4.39 Å². The van der Waals surface area contributed by atoms with Crippen LogP contribution >= 0.6 is 0 Å². The number of nitrogens with zero attached hydrogens (tertiary/aromatic N) is 2. The number of piperazine rings is 1. The van der Waals surface area contributed by atoms with Crippen molar-refractivity contribution in [3.8, 4) is 5.75 Å². The highest BCUT2D eigenvalue weighted by Crippen LogP contribution is 2.21. The molecule has 1 aliphatic rings. The molecule has 27 heavy (non-hydrogen) atoms. The number of carbonyl (C=O) groups excluding carboxylic acids is 1. The van der Waals surface area contributed by atoms with Crippen molar-refractivity contribution in [1.29, 1.82) is 0 Å². The van der Waals surface area contributed by atoms with Crippen LogP contribution in [0.5, 0.6) is 5.75 Å². The van der Waals surface area contributed by atoms with Gasteiger partial charge in [0, 0.05) is 44.4 Å². The number of halogens is 1. The number of carbonyl (C=O) groups is 1.